The van der Waals surface area contributed by atoms with Gasteiger partial charge < -0.3 is 11.1 Å². The van der Waals surface area contributed by atoms with Crippen molar-refractivity contribution in [3.05, 3.63) is 24.0 Å². The van der Waals surface area contributed by atoms with Crippen molar-refractivity contribution >= 4 is 21.4 Å². The Labute approximate surface area is 124 Å². The highest BCUT2D eigenvalue weighted by Gasteiger charge is 2.32. The van der Waals surface area contributed by atoms with Gasteiger partial charge in [-0.15, -0.1) is 0 Å². The number of hydrogen-bond acceptors (Lipinski definition) is 4. The van der Waals surface area contributed by atoms with E-state index < -0.39 is 31.7 Å². The number of anilines is 1. The lowest BCUT2D eigenvalue weighted by Gasteiger charge is -2.17. The minimum atomic E-state index is -4.09. The van der Waals surface area contributed by atoms with Gasteiger partial charge in [-0.3, -0.25) is 4.79 Å². The van der Waals surface area contributed by atoms with Crippen molar-refractivity contribution in [1.82, 2.24) is 5.32 Å². The molecular weight excluding hydrogens is 295 g/mol. The molecule has 0 aliphatic carbocycles. The second kappa shape index (κ2) is 6.89. The molecule has 3 N–H and O–H groups in total. The van der Waals surface area contributed by atoms with Crippen LogP contribution in [0.1, 0.15) is 33.6 Å². The number of carbonyl (C=O) groups is 1. The second-order valence-electron chi connectivity index (χ2n) is 5.08. The van der Waals surface area contributed by atoms with Crippen LogP contribution in [0.2, 0.25) is 0 Å². The number of sulfone groups is 1. The minimum absolute atomic E-state index is 0.125. The van der Waals surface area contributed by atoms with Gasteiger partial charge in [-0.05, 0) is 38.5 Å². The van der Waals surface area contributed by atoms with E-state index in [0.717, 1.165) is 25.0 Å². The van der Waals surface area contributed by atoms with E-state index >= 15 is 0 Å². The number of amides is 1. The van der Waals surface area contributed by atoms with Gasteiger partial charge in [0.15, 0.2) is 9.84 Å². The third kappa shape index (κ3) is 4.17. The SMILES string of the molecule is CCCC(C)NC(=O)C(C)S(=O)(=O)c1ccc(N)cc1F. The van der Waals surface area contributed by atoms with Crippen LogP contribution in [0.25, 0.3) is 0 Å². The van der Waals surface area contributed by atoms with Crippen LogP contribution in [0.4, 0.5) is 10.1 Å². The Hall–Kier alpha value is -1.63. The highest BCUT2D eigenvalue weighted by Crippen LogP contribution is 2.22. The fourth-order valence-corrected chi connectivity index (χ4v) is 3.26. The van der Waals surface area contributed by atoms with Crippen LogP contribution in [-0.2, 0) is 14.6 Å². The molecule has 1 rings (SSSR count). The Bertz CT molecular complexity index is 617. The van der Waals surface area contributed by atoms with Crippen LogP contribution in [0, 0.1) is 5.82 Å². The van der Waals surface area contributed by atoms with Crippen LogP contribution in [0.15, 0.2) is 23.1 Å². The summed E-state index contributed by atoms with van der Waals surface area (Å²) < 4.78 is 38.4. The molecule has 0 aliphatic heterocycles. The summed E-state index contributed by atoms with van der Waals surface area (Å²) in [4.78, 5) is 11.5. The van der Waals surface area contributed by atoms with E-state index in [0.29, 0.717) is 0 Å². The van der Waals surface area contributed by atoms with Crippen molar-refractivity contribution in [2.24, 2.45) is 0 Å². The van der Waals surface area contributed by atoms with E-state index in [9.17, 15) is 17.6 Å². The molecule has 2 atom stereocenters. The predicted molar refractivity (Wildman–Crippen MR) is 80.0 cm³/mol. The lowest BCUT2D eigenvalue weighted by Crippen LogP contribution is -2.42. The first-order chi connectivity index (χ1) is 9.70. The normalized spacial score (nSPS) is 14.5. The van der Waals surface area contributed by atoms with Gasteiger partial charge in [0, 0.05) is 11.7 Å². The zero-order chi connectivity index (χ0) is 16.2. The number of nitrogens with two attached hydrogens (primary N) is 1. The first-order valence-corrected chi connectivity index (χ1v) is 8.34. The number of rotatable bonds is 6. The van der Waals surface area contributed by atoms with Gasteiger partial charge in [-0.25, -0.2) is 12.8 Å². The zero-order valence-electron chi connectivity index (χ0n) is 12.4. The van der Waals surface area contributed by atoms with Crippen molar-refractivity contribution in [2.45, 2.75) is 49.8 Å². The average Bonchev–Trinajstić information content (AvgIpc) is 2.37. The van der Waals surface area contributed by atoms with Gasteiger partial charge in [-0.1, -0.05) is 13.3 Å². The summed E-state index contributed by atoms with van der Waals surface area (Å²) in [5.74, 6) is -1.58. The van der Waals surface area contributed by atoms with Gasteiger partial charge in [0.2, 0.25) is 5.91 Å². The van der Waals surface area contributed by atoms with Crippen molar-refractivity contribution in [1.29, 1.82) is 0 Å². The van der Waals surface area contributed by atoms with E-state index in [2.05, 4.69) is 5.32 Å². The molecule has 1 amide bonds. The maximum absolute atomic E-state index is 13.8. The molecule has 1 aromatic carbocycles. The molecule has 0 bridgehead atoms. The molecule has 0 aromatic heterocycles. The Morgan fingerprint density at radius 2 is 2.00 bits per heavy atom. The van der Waals surface area contributed by atoms with E-state index in [1.807, 2.05) is 6.92 Å². The molecule has 1 aromatic rings. The molecule has 0 heterocycles. The fraction of sp³-hybridized carbons (Fsp3) is 0.500. The van der Waals surface area contributed by atoms with Gasteiger partial charge in [0.1, 0.15) is 16.0 Å². The number of halogens is 1. The first-order valence-electron chi connectivity index (χ1n) is 6.79. The van der Waals surface area contributed by atoms with Gasteiger partial charge in [0.05, 0.1) is 0 Å². The Balaban J connectivity index is 2.99. The molecule has 0 saturated carbocycles. The third-order valence-electron chi connectivity index (χ3n) is 3.21. The van der Waals surface area contributed by atoms with E-state index in [1.54, 1.807) is 6.92 Å². The minimum Gasteiger partial charge on any atom is -0.399 e. The second-order valence-corrected chi connectivity index (χ2v) is 7.31. The summed E-state index contributed by atoms with van der Waals surface area (Å²) in [7, 11) is -4.09. The molecule has 0 radical (unpaired) electrons. The Kier molecular flexibility index (Phi) is 5.71. The summed E-state index contributed by atoms with van der Waals surface area (Å²) in [6.07, 6.45) is 1.61. The fourth-order valence-electron chi connectivity index (χ4n) is 1.94. The molecule has 2 unspecified atom stereocenters. The van der Waals surface area contributed by atoms with Crippen LogP contribution in [0.5, 0.6) is 0 Å². The molecule has 21 heavy (non-hydrogen) atoms. The lowest BCUT2D eigenvalue weighted by molar-refractivity contribution is -0.121. The summed E-state index contributed by atoms with van der Waals surface area (Å²) in [5, 5.41) is 1.26. The first kappa shape index (κ1) is 17.4. The van der Waals surface area contributed by atoms with Crippen LogP contribution in [0.3, 0.4) is 0 Å². The van der Waals surface area contributed by atoms with E-state index in [4.69, 9.17) is 5.73 Å². The van der Waals surface area contributed by atoms with E-state index in [1.165, 1.54) is 13.0 Å². The maximum atomic E-state index is 13.8. The topological polar surface area (TPSA) is 89.3 Å². The molecule has 0 spiro atoms. The summed E-state index contributed by atoms with van der Waals surface area (Å²) in [6, 6.07) is 3.17. The predicted octanol–water partition coefficient (Wildman–Crippen LogP) is 1.87. The largest absolute Gasteiger partial charge is 0.399 e. The van der Waals surface area contributed by atoms with Crippen LogP contribution < -0.4 is 11.1 Å². The van der Waals surface area contributed by atoms with E-state index in [-0.39, 0.29) is 11.7 Å². The number of nitrogens with one attached hydrogen (secondary N) is 1. The monoisotopic (exact) mass is 316 g/mol. The van der Waals surface area contributed by atoms with Gasteiger partial charge >= 0.3 is 0 Å². The number of hydrogen-bond donors (Lipinski definition) is 2. The Morgan fingerprint density at radius 1 is 1.38 bits per heavy atom. The highest BCUT2D eigenvalue weighted by atomic mass is 32.2. The molecule has 0 aliphatic rings. The van der Waals surface area contributed by atoms with Crippen LogP contribution in [-0.4, -0.2) is 25.6 Å². The van der Waals surface area contributed by atoms with Gasteiger partial charge in [0.25, 0.3) is 0 Å². The maximum Gasteiger partial charge on any atom is 0.238 e. The highest BCUT2D eigenvalue weighted by molar-refractivity contribution is 7.92. The quantitative estimate of drug-likeness (QED) is 0.784. The standard InChI is InChI=1S/C14H21FN2O3S/c1-4-5-9(2)17-14(18)10(3)21(19,20)13-7-6-11(16)8-12(13)15/h6-10H,4-5,16H2,1-3H3,(H,17,18). The lowest BCUT2D eigenvalue weighted by atomic mass is 10.2. The van der Waals surface area contributed by atoms with Crippen LogP contribution >= 0.6 is 0 Å². The Morgan fingerprint density at radius 3 is 2.52 bits per heavy atom. The van der Waals surface area contributed by atoms with Crippen molar-refractivity contribution in [2.75, 3.05) is 5.73 Å². The summed E-state index contributed by atoms with van der Waals surface area (Å²) in [5.41, 5.74) is 5.52. The molecule has 118 valence electrons. The average molecular weight is 316 g/mol. The third-order valence-corrected chi connectivity index (χ3v) is 5.30. The number of nitrogen functional groups attached to an aromatic ring is 1. The van der Waals surface area contributed by atoms with Gasteiger partial charge in [-0.2, -0.15) is 0 Å². The zero-order valence-corrected chi connectivity index (χ0v) is 13.2. The molecule has 7 heteroatoms. The molecule has 5 nitrogen and oxygen atoms in total. The number of carbonyl (C=O) groups excluding carboxylic acids is 1. The number of benzene rings is 1. The van der Waals surface area contributed by atoms with Crippen molar-refractivity contribution in [3.8, 4) is 0 Å². The van der Waals surface area contributed by atoms with Crippen molar-refractivity contribution in [3.63, 3.8) is 0 Å². The molecule has 0 fully saturated rings. The molecular formula is C14H21FN2O3S. The van der Waals surface area contributed by atoms with Crippen molar-refractivity contribution < 1.29 is 17.6 Å². The smallest absolute Gasteiger partial charge is 0.238 e. The molecule has 0 saturated heterocycles. The summed E-state index contributed by atoms with van der Waals surface area (Å²) >= 11 is 0. The summed E-state index contributed by atoms with van der Waals surface area (Å²) in [6.45, 7) is 5.01.